The van der Waals surface area contributed by atoms with E-state index in [1.807, 2.05) is 0 Å². The number of nitrogens with one attached hydrogen (secondary N) is 1. The highest BCUT2D eigenvalue weighted by Crippen LogP contribution is 2.34. The Hall–Kier alpha value is -0.710. The van der Waals surface area contributed by atoms with Gasteiger partial charge in [0, 0.05) is 18.2 Å². The van der Waals surface area contributed by atoms with Gasteiger partial charge in [-0.25, -0.2) is 0 Å². The van der Waals surface area contributed by atoms with E-state index in [1.165, 1.54) is 0 Å². The zero-order chi connectivity index (χ0) is 12.0. The van der Waals surface area contributed by atoms with Crippen molar-refractivity contribution in [3.63, 3.8) is 0 Å². The van der Waals surface area contributed by atoms with Gasteiger partial charge >= 0.3 is 5.97 Å². The van der Waals surface area contributed by atoms with Crippen LogP contribution >= 0.6 is 11.8 Å². The van der Waals surface area contributed by atoms with E-state index in [-0.39, 0.29) is 18.4 Å². The number of carbonyl (C=O) groups excluding carboxylic acids is 1. The molecule has 92 valence electrons. The van der Waals surface area contributed by atoms with Crippen LogP contribution in [0.1, 0.15) is 32.6 Å². The summed E-state index contributed by atoms with van der Waals surface area (Å²) in [6.45, 7) is 2.06. The van der Waals surface area contributed by atoms with Gasteiger partial charge < -0.3 is 10.4 Å². The molecule has 4 nitrogen and oxygen atoms in total. The molecule has 0 spiro atoms. The quantitative estimate of drug-likeness (QED) is 0.636. The van der Waals surface area contributed by atoms with Crippen molar-refractivity contribution in [2.45, 2.75) is 38.6 Å². The van der Waals surface area contributed by atoms with Crippen LogP contribution in [0.15, 0.2) is 0 Å². The molecule has 1 atom stereocenters. The Labute approximate surface area is 100 Å². The lowest BCUT2D eigenvalue weighted by molar-refractivity contribution is -0.137. The van der Waals surface area contributed by atoms with Crippen molar-refractivity contribution in [2.24, 2.45) is 5.92 Å². The minimum absolute atomic E-state index is 0.0147. The summed E-state index contributed by atoms with van der Waals surface area (Å²) in [6.07, 6.45) is 2.63. The lowest BCUT2D eigenvalue weighted by Crippen LogP contribution is -2.38. The second kappa shape index (κ2) is 6.78. The van der Waals surface area contributed by atoms with Gasteiger partial charge in [0.2, 0.25) is 5.91 Å². The Bertz CT molecular complexity index is 254. The average Bonchev–Trinajstić information content (AvgIpc) is 2.99. The number of aliphatic carboxylic acids is 1. The molecule has 0 aromatic carbocycles. The van der Waals surface area contributed by atoms with Gasteiger partial charge in [-0.2, -0.15) is 11.8 Å². The molecule has 1 rings (SSSR count). The predicted molar refractivity (Wildman–Crippen MR) is 64.5 cm³/mol. The van der Waals surface area contributed by atoms with Crippen LogP contribution in [0.5, 0.6) is 0 Å². The monoisotopic (exact) mass is 245 g/mol. The zero-order valence-corrected chi connectivity index (χ0v) is 10.4. The van der Waals surface area contributed by atoms with E-state index in [0.717, 1.165) is 24.3 Å². The second-order valence-electron chi connectivity index (χ2n) is 4.06. The molecule has 0 aliphatic heterocycles. The molecule has 1 aliphatic carbocycles. The lowest BCUT2D eigenvalue weighted by atomic mass is 10.1. The maximum atomic E-state index is 11.5. The second-order valence-corrected chi connectivity index (χ2v) is 5.45. The summed E-state index contributed by atoms with van der Waals surface area (Å²) in [4.78, 5) is 22.2. The molecular weight excluding hydrogens is 226 g/mol. The lowest BCUT2D eigenvalue weighted by Gasteiger charge is -2.15. The Morgan fingerprint density at radius 2 is 2.19 bits per heavy atom. The molecule has 1 saturated carbocycles. The number of hydrogen-bond acceptors (Lipinski definition) is 3. The third-order valence-electron chi connectivity index (χ3n) is 2.61. The van der Waals surface area contributed by atoms with Crippen LogP contribution in [0.3, 0.4) is 0 Å². The zero-order valence-electron chi connectivity index (χ0n) is 9.57. The molecule has 0 aromatic heterocycles. The summed E-state index contributed by atoms with van der Waals surface area (Å²) >= 11 is 1.72. The van der Waals surface area contributed by atoms with Crippen molar-refractivity contribution in [1.82, 2.24) is 5.32 Å². The fourth-order valence-corrected chi connectivity index (χ4v) is 2.23. The molecule has 1 aliphatic rings. The molecule has 1 amide bonds. The Morgan fingerprint density at radius 3 is 2.69 bits per heavy atom. The van der Waals surface area contributed by atoms with Crippen LogP contribution in [-0.4, -0.2) is 34.5 Å². The van der Waals surface area contributed by atoms with E-state index in [4.69, 9.17) is 5.11 Å². The molecule has 1 unspecified atom stereocenters. The fraction of sp³-hybridized carbons (Fsp3) is 0.818. The van der Waals surface area contributed by atoms with Gasteiger partial charge in [-0.1, -0.05) is 6.92 Å². The summed E-state index contributed by atoms with van der Waals surface area (Å²) in [7, 11) is 0. The molecule has 16 heavy (non-hydrogen) atoms. The van der Waals surface area contributed by atoms with E-state index < -0.39 is 5.97 Å². The summed E-state index contributed by atoms with van der Waals surface area (Å²) in [6, 6.07) is -0.156. The van der Waals surface area contributed by atoms with Crippen LogP contribution < -0.4 is 5.32 Å². The van der Waals surface area contributed by atoms with Crippen molar-refractivity contribution in [1.29, 1.82) is 0 Å². The van der Waals surface area contributed by atoms with Gasteiger partial charge in [0.15, 0.2) is 0 Å². The van der Waals surface area contributed by atoms with E-state index >= 15 is 0 Å². The standard InChI is InChI=1S/C11H19NO3S/c1-2-16-6-5-10(13)12-9(7-11(14)15)8-3-4-8/h8-9H,2-7H2,1H3,(H,12,13)(H,14,15). The topological polar surface area (TPSA) is 66.4 Å². The molecule has 0 heterocycles. The summed E-state index contributed by atoms with van der Waals surface area (Å²) in [5.41, 5.74) is 0. The van der Waals surface area contributed by atoms with E-state index in [9.17, 15) is 9.59 Å². The first kappa shape index (κ1) is 13.4. The van der Waals surface area contributed by atoms with Crippen LogP contribution in [0.4, 0.5) is 0 Å². The smallest absolute Gasteiger partial charge is 0.305 e. The Balaban J connectivity index is 2.24. The van der Waals surface area contributed by atoms with Gasteiger partial charge in [-0.05, 0) is 24.5 Å². The molecule has 0 radical (unpaired) electrons. The van der Waals surface area contributed by atoms with Crippen LogP contribution in [-0.2, 0) is 9.59 Å². The van der Waals surface area contributed by atoms with Crippen molar-refractivity contribution in [3.8, 4) is 0 Å². The third-order valence-corrected chi connectivity index (χ3v) is 3.51. The summed E-state index contributed by atoms with van der Waals surface area (Å²) in [5, 5.41) is 11.6. The SMILES string of the molecule is CCSCCC(=O)NC(CC(=O)O)C1CC1. The molecule has 2 N–H and O–H groups in total. The van der Waals surface area contributed by atoms with Crippen LogP contribution in [0.2, 0.25) is 0 Å². The highest BCUT2D eigenvalue weighted by atomic mass is 32.2. The largest absolute Gasteiger partial charge is 0.481 e. The van der Waals surface area contributed by atoms with Crippen molar-refractivity contribution < 1.29 is 14.7 Å². The van der Waals surface area contributed by atoms with Crippen molar-refractivity contribution in [3.05, 3.63) is 0 Å². The maximum Gasteiger partial charge on any atom is 0.305 e. The minimum atomic E-state index is -0.833. The molecule has 0 saturated heterocycles. The number of carboxylic acid groups (broad SMARTS) is 1. The van der Waals surface area contributed by atoms with Crippen molar-refractivity contribution >= 4 is 23.6 Å². The van der Waals surface area contributed by atoms with Gasteiger partial charge in [0.25, 0.3) is 0 Å². The van der Waals surface area contributed by atoms with Gasteiger partial charge in [-0.3, -0.25) is 9.59 Å². The normalized spacial score (nSPS) is 16.8. The summed E-state index contributed by atoms with van der Waals surface area (Å²) in [5.74, 6) is 1.36. The van der Waals surface area contributed by atoms with Crippen LogP contribution in [0, 0.1) is 5.92 Å². The highest BCUT2D eigenvalue weighted by Gasteiger charge is 2.33. The van der Waals surface area contributed by atoms with Crippen LogP contribution in [0.25, 0.3) is 0 Å². The predicted octanol–water partition coefficient (Wildman–Crippen LogP) is 1.50. The summed E-state index contributed by atoms with van der Waals surface area (Å²) < 4.78 is 0. The number of amides is 1. The number of rotatable bonds is 8. The fourth-order valence-electron chi connectivity index (χ4n) is 1.61. The van der Waals surface area contributed by atoms with E-state index in [0.29, 0.717) is 12.3 Å². The number of thioether (sulfide) groups is 1. The highest BCUT2D eigenvalue weighted by molar-refractivity contribution is 7.99. The Morgan fingerprint density at radius 1 is 1.50 bits per heavy atom. The minimum Gasteiger partial charge on any atom is -0.481 e. The molecular formula is C11H19NO3S. The van der Waals surface area contributed by atoms with E-state index in [1.54, 1.807) is 11.8 Å². The van der Waals surface area contributed by atoms with Gasteiger partial charge in [0.1, 0.15) is 0 Å². The third kappa shape index (κ3) is 5.39. The Kier molecular flexibility index (Phi) is 5.66. The molecule has 5 heteroatoms. The maximum absolute atomic E-state index is 11.5. The average molecular weight is 245 g/mol. The van der Waals surface area contributed by atoms with Gasteiger partial charge in [-0.15, -0.1) is 0 Å². The first-order valence-corrected chi connectivity index (χ1v) is 6.87. The molecule has 0 bridgehead atoms. The first-order chi connectivity index (χ1) is 7.63. The van der Waals surface area contributed by atoms with E-state index in [2.05, 4.69) is 12.2 Å². The number of carboxylic acids is 1. The molecule has 0 aromatic rings. The van der Waals surface area contributed by atoms with Crippen molar-refractivity contribution in [2.75, 3.05) is 11.5 Å². The molecule has 1 fully saturated rings. The van der Waals surface area contributed by atoms with Gasteiger partial charge in [0.05, 0.1) is 6.42 Å². The number of carbonyl (C=O) groups is 2. The first-order valence-electron chi connectivity index (χ1n) is 5.72. The number of hydrogen-bond donors (Lipinski definition) is 2.